The van der Waals surface area contributed by atoms with Crippen molar-refractivity contribution in [3.05, 3.63) is 58.6 Å². The lowest BCUT2D eigenvalue weighted by atomic mass is 10.1. The Kier molecular flexibility index (Phi) is 6.83. The molecule has 0 atom stereocenters. The molecule has 138 valence electrons. The maximum atomic E-state index is 12.6. The molecule has 2 aromatic rings. The van der Waals surface area contributed by atoms with Crippen LogP contribution in [0.15, 0.2) is 42.5 Å². The molecule has 0 bridgehead atoms. The average molecular weight is 392 g/mol. The molecule has 0 aliphatic carbocycles. The molecule has 1 amide bonds. The molecular weight excluding hydrogens is 370 g/mol. The van der Waals surface area contributed by atoms with E-state index in [1.807, 2.05) is 30.0 Å². The maximum absolute atomic E-state index is 12.6. The van der Waals surface area contributed by atoms with Crippen LogP contribution in [0.3, 0.4) is 0 Å². The molecule has 6 heteroatoms. The van der Waals surface area contributed by atoms with Crippen molar-refractivity contribution >= 4 is 35.0 Å². The van der Waals surface area contributed by atoms with Crippen LogP contribution in [0.25, 0.3) is 0 Å². The highest BCUT2D eigenvalue weighted by Crippen LogP contribution is 2.27. The Balaban J connectivity index is 1.64. The lowest BCUT2D eigenvalue weighted by Crippen LogP contribution is -2.17. The summed E-state index contributed by atoms with van der Waals surface area (Å²) in [5.41, 5.74) is 2.38. The summed E-state index contributed by atoms with van der Waals surface area (Å²) in [6, 6.07) is 13.0. The van der Waals surface area contributed by atoms with Crippen LogP contribution in [0.5, 0.6) is 5.75 Å². The van der Waals surface area contributed by atoms with Crippen molar-refractivity contribution < 1.29 is 14.3 Å². The van der Waals surface area contributed by atoms with E-state index < -0.39 is 0 Å². The van der Waals surface area contributed by atoms with Crippen LogP contribution in [0.4, 0.5) is 5.69 Å². The number of rotatable bonds is 6. The van der Waals surface area contributed by atoms with Crippen molar-refractivity contribution in [2.24, 2.45) is 0 Å². The van der Waals surface area contributed by atoms with Gasteiger partial charge in [-0.2, -0.15) is 11.8 Å². The van der Waals surface area contributed by atoms with Gasteiger partial charge in [0.2, 0.25) is 0 Å². The summed E-state index contributed by atoms with van der Waals surface area (Å²) in [5, 5.41) is 4.08. The van der Waals surface area contributed by atoms with Crippen molar-refractivity contribution in [3.8, 4) is 5.75 Å². The first-order valence-electron chi connectivity index (χ1n) is 8.59. The number of carbonyl (C=O) groups excluding carboxylic acids is 1. The Labute approximate surface area is 163 Å². The van der Waals surface area contributed by atoms with Crippen LogP contribution in [-0.4, -0.2) is 31.5 Å². The molecule has 1 aliphatic heterocycles. The fourth-order valence-corrected chi connectivity index (χ4v) is 4.16. The van der Waals surface area contributed by atoms with Gasteiger partial charge in [0.15, 0.2) is 0 Å². The highest BCUT2D eigenvalue weighted by atomic mass is 35.5. The van der Waals surface area contributed by atoms with Gasteiger partial charge in [-0.25, -0.2) is 0 Å². The Morgan fingerprint density at radius 3 is 2.85 bits per heavy atom. The number of hydrogen-bond acceptors (Lipinski definition) is 4. The lowest BCUT2D eigenvalue weighted by molar-refractivity contribution is 0.0999. The van der Waals surface area contributed by atoms with Gasteiger partial charge in [-0.05, 0) is 48.7 Å². The molecule has 0 unspecified atom stereocenters. The van der Waals surface area contributed by atoms with Gasteiger partial charge in [-0.3, -0.25) is 4.79 Å². The molecule has 1 fully saturated rings. The summed E-state index contributed by atoms with van der Waals surface area (Å²) in [5.74, 6) is 1.19. The van der Waals surface area contributed by atoms with E-state index in [1.165, 1.54) is 12.7 Å². The number of anilines is 1. The van der Waals surface area contributed by atoms with E-state index in [0.717, 1.165) is 37.5 Å². The van der Waals surface area contributed by atoms with Crippen LogP contribution >= 0.6 is 23.4 Å². The summed E-state index contributed by atoms with van der Waals surface area (Å²) >= 11 is 7.97. The Morgan fingerprint density at radius 1 is 1.27 bits per heavy atom. The minimum Gasteiger partial charge on any atom is -0.496 e. The number of halogens is 1. The van der Waals surface area contributed by atoms with Gasteiger partial charge in [0.25, 0.3) is 5.91 Å². The van der Waals surface area contributed by atoms with Crippen molar-refractivity contribution in [1.82, 2.24) is 0 Å². The normalized spacial score (nSPS) is 14.8. The number of ether oxygens (including phenoxy) is 2. The molecule has 4 nitrogen and oxygen atoms in total. The molecule has 0 saturated carbocycles. The van der Waals surface area contributed by atoms with Crippen molar-refractivity contribution in [3.63, 3.8) is 0 Å². The van der Waals surface area contributed by atoms with Gasteiger partial charge in [0, 0.05) is 34.9 Å². The topological polar surface area (TPSA) is 47.6 Å². The van der Waals surface area contributed by atoms with Crippen LogP contribution in [0.2, 0.25) is 5.02 Å². The van der Waals surface area contributed by atoms with E-state index in [2.05, 4.69) is 11.4 Å². The quantitative estimate of drug-likeness (QED) is 0.751. The fraction of sp³-hybridized carbons (Fsp3) is 0.350. The van der Waals surface area contributed by atoms with E-state index in [4.69, 9.17) is 21.1 Å². The van der Waals surface area contributed by atoms with E-state index in [9.17, 15) is 4.79 Å². The number of amides is 1. The van der Waals surface area contributed by atoms with Gasteiger partial charge in [-0.15, -0.1) is 0 Å². The zero-order valence-electron chi connectivity index (χ0n) is 14.7. The van der Waals surface area contributed by atoms with E-state index >= 15 is 0 Å². The Hall–Kier alpha value is -1.69. The first kappa shape index (κ1) is 19.1. The van der Waals surface area contributed by atoms with Gasteiger partial charge in [-0.1, -0.05) is 23.7 Å². The molecule has 0 spiro atoms. The third kappa shape index (κ3) is 5.16. The van der Waals surface area contributed by atoms with E-state index in [0.29, 0.717) is 21.6 Å². The van der Waals surface area contributed by atoms with Crippen molar-refractivity contribution in [2.45, 2.75) is 23.8 Å². The van der Waals surface area contributed by atoms with Crippen molar-refractivity contribution in [1.29, 1.82) is 0 Å². The number of thioether (sulfide) groups is 1. The summed E-state index contributed by atoms with van der Waals surface area (Å²) in [6.07, 6.45) is 2.21. The predicted molar refractivity (Wildman–Crippen MR) is 108 cm³/mol. The minimum atomic E-state index is -0.237. The number of benzene rings is 2. The molecule has 0 aromatic heterocycles. The zero-order chi connectivity index (χ0) is 18.4. The second kappa shape index (κ2) is 9.31. The SMILES string of the molecule is COc1ccc(Cl)cc1C(=O)Nc1cccc(CSC2CCOCC2)c1. The van der Waals surface area contributed by atoms with Crippen LogP contribution in [-0.2, 0) is 10.5 Å². The molecule has 26 heavy (non-hydrogen) atoms. The second-order valence-corrected chi connectivity index (χ2v) is 7.85. The van der Waals surface area contributed by atoms with Crippen LogP contribution in [0.1, 0.15) is 28.8 Å². The van der Waals surface area contributed by atoms with Crippen molar-refractivity contribution in [2.75, 3.05) is 25.6 Å². The average Bonchev–Trinajstić information content (AvgIpc) is 2.67. The molecule has 0 radical (unpaired) electrons. The molecule has 1 saturated heterocycles. The standard InChI is InChI=1S/C20H22ClNO3S/c1-24-19-6-5-15(21)12-18(19)20(23)22-16-4-2-3-14(11-16)13-26-17-7-9-25-10-8-17/h2-6,11-12,17H,7-10,13H2,1H3,(H,22,23). The first-order chi connectivity index (χ1) is 12.7. The number of hydrogen-bond donors (Lipinski definition) is 1. The molecular formula is C20H22ClNO3S. The predicted octanol–water partition coefficient (Wildman–Crippen LogP) is 5.01. The molecule has 2 aromatic carbocycles. The Morgan fingerprint density at radius 2 is 2.08 bits per heavy atom. The van der Waals surface area contributed by atoms with Crippen LogP contribution in [0, 0.1) is 0 Å². The molecule has 1 N–H and O–H groups in total. The Bertz CT molecular complexity index is 762. The summed E-state index contributed by atoms with van der Waals surface area (Å²) in [4.78, 5) is 12.6. The van der Waals surface area contributed by atoms with E-state index in [-0.39, 0.29) is 5.91 Å². The van der Waals surface area contributed by atoms with Crippen LogP contribution < -0.4 is 10.1 Å². The summed E-state index contributed by atoms with van der Waals surface area (Å²) in [7, 11) is 1.54. The van der Waals surface area contributed by atoms with Gasteiger partial charge >= 0.3 is 0 Å². The van der Waals surface area contributed by atoms with Gasteiger partial charge in [0.05, 0.1) is 12.7 Å². The van der Waals surface area contributed by atoms with Gasteiger partial charge < -0.3 is 14.8 Å². The highest BCUT2D eigenvalue weighted by molar-refractivity contribution is 7.99. The maximum Gasteiger partial charge on any atom is 0.259 e. The molecule has 3 rings (SSSR count). The fourth-order valence-electron chi connectivity index (χ4n) is 2.85. The molecule has 1 heterocycles. The van der Waals surface area contributed by atoms with Gasteiger partial charge in [0.1, 0.15) is 5.75 Å². The second-order valence-electron chi connectivity index (χ2n) is 6.12. The third-order valence-electron chi connectivity index (χ3n) is 4.25. The summed E-state index contributed by atoms with van der Waals surface area (Å²) < 4.78 is 10.7. The zero-order valence-corrected chi connectivity index (χ0v) is 16.2. The highest BCUT2D eigenvalue weighted by Gasteiger charge is 2.15. The third-order valence-corrected chi connectivity index (χ3v) is 5.92. The molecule has 1 aliphatic rings. The lowest BCUT2D eigenvalue weighted by Gasteiger charge is -2.21. The monoisotopic (exact) mass is 391 g/mol. The summed E-state index contributed by atoms with van der Waals surface area (Å²) in [6.45, 7) is 1.71. The number of nitrogens with one attached hydrogen (secondary N) is 1. The largest absolute Gasteiger partial charge is 0.496 e. The number of carbonyl (C=O) groups is 1. The number of methoxy groups -OCH3 is 1. The first-order valence-corrected chi connectivity index (χ1v) is 10.0. The smallest absolute Gasteiger partial charge is 0.259 e. The minimum absolute atomic E-state index is 0.237. The van der Waals surface area contributed by atoms with E-state index in [1.54, 1.807) is 18.2 Å².